The Morgan fingerprint density at radius 2 is 0.779 bits per heavy atom. The first-order valence-corrected chi connectivity index (χ1v) is 28.8. The van der Waals surface area contributed by atoms with E-state index in [9.17, 15) is 9.59 Å². The minimum absolute atomic E-state index is 0.00702. The number of hydrogen-bond donors (Lipinski definition) is 4. The number of carbonyl (C=O) groups excluding carboxylic acids is 2. The monoisotopic (exact) mass is 1070 g/mol. The smallest absolute Gasteiger partial charge is 0.266 e. The van der Waals surface area contributed by atoms with Crippen LogP contribution >= 0.6 is 116 Å². The second kappa shape index (κ2) is 16.8. The largest absolute Gasteiger partial charge is 0.353 e. The van der Waals surface area contributed by atoms with Crippen molar-refractivity contribution in [2.75, 3.05) is 13.1 Å². The third-order valence-corrected chi connectivity index (χ3v) is 22.0. The summed E-state index contributed by atoms with van der Waals surface area (Å²) >= 11 is 24.1. The van der Waals surface area contributed by atoms with Crippen LogP contribution in [0.3, 0.4) is 0 Å². The molecule has 13 rings (SSSR count). The molecule has 0 bridgehead atoms. The summed E-state index contributed by atoms with van der Waals surface area (Å²) in [6.45, 7) is 5.08. The number of H-pyrrole nitrogens is 4. The summed E-state index contributed by atoms with van der Waals surface area (Å²) < 4.78 is 1.25. The first kappa shape index (κ1) is 42.9. The van der Waals surface area contributed by atoms with Gasteiger partial charge in [0.25, 0.3) is 11.8 Å². The van der Waals surface area contributed by atoms with Gasteiger partial charge in [-0.05, 0) is 123 Å². The Balaban J connectivity index is 0.710. The van der Waals surface area contributed by atoms with Crippen LogP contribution in [0.4, 0.5) is 0 Å². The van der Waals surface area contributed by atoms with Crippen molar-refractivity contribution in [1.82, 2.24) is 29.7 Å². The van der Waals surface area contributed by atoms with Gasteiger partial charge in [0.05, 0.1) is 53.0 Å². The van der Waals surface area contributed by atoms with Crippen molar-refractivity contribution in [2.45, 2.75) is 13.8 Å². The van der Waals surface area contributed by atoms with Gasteiger partial charge in [-0.25, -0.2) is 0 Å². The Morgan fingerprint density at radius 1 is 0.441 bits per heavy atom. The number of fused-ring (bicyclic) bond motifs is 6. The summed E-state index contributed by atoms with van der Waals surface area (Å²) in [5, 5.41) is 2.31. The van der Waals surface area contributed by atoms with E-state index in [2.05, 4.69) is 117 Å². The summed E-state index contributed by atoms with van der Waals surface area (Å²) in [4.78, 5) is 59.2. The van der Waals surface area contributed by atoms with Gasteiger partial charge in [-0.3, -0.25) is 19.4 Å². The van der Waals surface area contributed by atoms with E-state index in [1.807, 2.05) is 26.0 Å². The molecule has 2 fully saturated rings. The van der Waals surface area contributed by atoms with E-state index in [4.69, 9.17) is 24.4 Å². The highest BCUT2D eigenvalue weighted by molar-refractivity contribution is 8.27. The maximum absolute atomic E-state index is 12.7. The van der Waals surface area contributed by atoms with Crippen LogP contribution in [0.15, 0.2) is 107 Å². The second-order valence-corrected chi connectivity index (χ2v) is 26.0. The van der Waals surface area contributed by atoms with Gasteiger partial charge in [-0.15, -0.1) is 68.0 Å². The first-order valence-electron chi connectivity index (χ1n) is 21.5. The van der Waals surface area contributed by atoms with Crippen molar-refractivity contribution in [2.24, 2.45) is 0 Å². The molecule has 68 heavy (non-hydrogen) atoms. The molecule has 2 aliphatic rings. The topological polar surface area (TPSA) is 104 Å². The molecule has 0 unspecified atom stereocenters. The van der Waals surface area contributed by atoms with Gasteiger partial charge < -0.3 is 19.9 Å². The number of hydrogen-bond acceptors (Lipinski definition) is 12. The van der Waals surface area contributed by atoms with Gasteiger partial charge in [0, 0.05) is 83.7 Å². The van der Waals surface area contributed by atoms with Crippen molar-refractivity contribution in [3.05, 3.63) is 117 Å². The number of thiophene rings is 6. The van der Waals surface area contributed by atoms with Gasteiger partial charge in [0.15, 0.2) is 0 Å². The highest BCUT2D eigenvalue weighted by Gasteiger charge is 2.32. The van der Waals surface area contributed by atoms with Gasteiger partial charge in [-0.1, -0.05) is 48.0 Å². The fraction of sp³-hybridized carbons (Fsp3) is 0.0800. The molecule has 0 spiro atoms. The molecule has 0 aliphatic carbocycles. The fourth-order valence-corrected chi connectivity index (χ4v) is 17.8. The Morgan fingerprint density at radius 3 is 1.15 bits per heavy atom. The highest BCUT2D eigenvalue weighted by atomic mass is 32.2. The lowest BCUT2D eigenvalue weighted by Crippen LogP contribution is -2.27. The number of nitrogens with one attached hydrogen (secondary N) is 4. The van der Waals surface area contributed by atoms with E-state index < -0.39 is 0 Å². The molecule has 1 aromatic carbocycles. The van der Waals surface area contributed by atoms with E-state index in [1.54, 1.807) is 77.8 Å². The Kier molecular flexibility index (Phi) is 10.6. The number of aromatic amines is 4. The zero-order chi connectivity index (χ0) is 45.9. The Bertz CT molecular complexity index is 3720. The predicted molar refractivity (Wildman–Crippen MR) is 305 cm³/mol. The van der Waals surface area contributed by atoms with Crippen molar-refractivity contribution >= 4 is 192 Å². The average molecular weight is 1070 g/mol. The Hall–Kier alpha value is -5.12. The number of carbonyl (C=O) groups is 2. The first-order chi connectivity index (χ1) is 33.1. The van der Waals surface area contributed by atoms with Gasteiger partial charge in [0.2, 0.25) is 0 Å². The van der Waals surface area contributed by atoms with E-state index in [0.29, 0.717) is 31.5 Å². The zero-order valence-electron chi connectivity index (χ0n) is 35.6. The minimum atomic E-state index is -0.00702. The average Bonchev–Trinajstić information content (AvgIpc) is 4.14. The molecule has 18 heteroatoms. The van der Waals surface area contributed by atoms with Crippen LogP contribution in [0.25, 0.3) is 116 Å². The molecule has 2 amide bonds. The lowest BCUT2D eigenvalue weighted by molar-refractivity contribution is -0.122. The number of nitrogens with zero attached hydrogens (tertiary/aromatic N) is 2. The zero-order valence-corrected chi connectivity index (χ0v) is 43.8. The number of thiocarbonyl (C=S) groups is 2. The number of likely N-dealkylation sites (N-methyl/N-ethyl adjacent to an activating group) is 2. The number of aromatic nitrogens is 4. The number of rotatable bonds is 10. The van der Waals surface area contributed by atoms with Crippen LogP contribution < -0.4 is 0 Å². The van der Waals surface area contributed by atoms with E-state index in [1.165, 1.54) is 72.3 Å². The van der Waals surface area contributed by atoms with Crippen molar-refractivity contribution in [1.29, 1.82) is 0 Å². The van der Waals surface area contributed by atoms with Crippen LogP contribution in [0.1, 0.15) is 23.6 Å². The molecule has 11 aromatic rings. The third kappa shape index (κ3) is 7.30. The van der Waals surface area contributed by atoms with Crippen LogP contribution in [-0.2, 0) is 9.59 Å². The van der Waals surface area contributed by atoms with Crippen molar-refractivity contribution in [3.63, 3.8) is 0 Å². The minimum Gasteiger partial charge on any atom is -0.353 e. The molecule has 12 heterocycles. The molecule has 8 nitrogen and oxygen atoms in total. The van der Waals surface area contributed by atoms with Gasteiger partial charge in [0.1, 0.15) is 8.64 Å². The number of thioether (sulfide) groups is 2. The summed E-state index contributed by atoms with van der Waals surface area (Å²) in [6.07, 6.45) is 3.93. The summed E-state index contributed by atoms with van der Waals surface area (Å²) in [6, 6.07) is 35.0. The predicted octanol–water partition coefficient (Wildman–Crippen LogP) is 16.4. The van der Waals surface area contributed by atoms with Crippen LogP contribution in [0.5, 0.6) is 0 Å². The summed E-state index contributed by atoms with van der Waals surface area (Å²) in [5.74, 6) is -0.0140. The van der Waals surface area contributed by atoms with Gasteiger partial charge in [-0.2, -0.15) is 0 Å². The summed E-state index contributed by atoms with van der Waals surface area (Å²) in [7, 11) is 0. The summed E-state index contributed by atoms with van der Waals surface area (Å²) in [5.41, 5.74) is 8.73. The molecule has 334 valence electrons. The van der Waals surface area contributed by atoms with Crippen LogP contribution in [-0.4, -0.2) is 63.3 Å². The lowest BCUT2D eigenvalue weighted by atomic mass is 10.2. The fourth-order valence-electron chi connectivity index (χ4n) is 8.67. The third-order valence-electron chi connectivity index (χ3n) is 12.0. The van der Waals surface area contributed by atoms with Crippen molar-refractivity contribution < 1.29 is 9.59 Å². The Labute approximate surface area is 431 Å². The van der Waals surface area contributed by atoms with Crippen LogP contribution in [0, 0.1) is 0 Å². The lowest BCUT2D eigenvalue weighted by Gasteiger charge is -2.09. The van der Waals surface area contributed by atoms with E-state index in [-0.39, 0.29) is 11.8 Å². The second-order valence-electron chi connectivity index (χ2n) is 16.0. The highest BCUT2D eigenvalue weighted by Crippen LogP contribution is 2.46. The normalized spacial score (nSPS) is 15.9. The van der Waals surface area contributed by atoms with E-state index in [0.717, 1.165) is 65.0 Å². The standard InChI is InChI=1S/C50H32N6O2S10/c1-3-55-47(57)43(67-49(55)59)17-23-5-7-35(61-23)37-13-15-41(65-37)39-11-9-33(63-39)29-21-31-45(53-29)25-19-28-26(20-27(25)51-31)46-32(52-28)22-30(54-46)34-10-12-40(64-34)42-16-14-38(66-42)36-8-6-24(62-36)18-44-48(58)56(4-2)50(60)68-44/h5-22,51-54H,3-4H2,1-2H3/b43-17-,44-18-. The quantitative estimate of drug-likeness (QED) is 0.0804. The number of amides is 2. The van der Waals surface area contributed by atoms with Crippen molar-refractivity contribution in [3.8, 4) is 60.2 Å². The molecule has 0 atom stereocenters. The molecule has 0 radical (unpaired) electrons. The molecule has 10 aromatic heterocycles. The molecular weight excluding hydrogens is 1040 g/mol. The number of benzene rings is 1. The van der Waals surface area contributed by atoms with Gasteiger partial charge >= 0.3 is 0 Å². The van der Waals surface area contributed by atoms with E-state index >= 15 is 0 Å². The molecular formula is C50H32N6O2S10. The maximum Gasteiger partial charge on any atom is 0.266 e. The maximum atomic E-state index is 12.7. The van der Waals surface area contributed by atoms with Crippen LogP contribution in [0.2, 0.25) is 0 Å². The molecule has 4 N–H and O–H groups in total. The molecule has 0 saturated carbocycles. The molecule has 2 saturated heterocycles. The molecule has 2 aliphatic heterocycles. The SMILES string of the molecule is CCN1C(=O)/C(=C/c2ccc(-c3ccc(-c4ccc(-c5cc6[nH]c7cc8c(cc7c6[nH]5)[nH]c5cc(-c6ccc(-c7ccc(-c9ccc(/C=C%10\SC(=S)N(CC)C%10=O)s9)s7)s6)[nH]c58)s4)s3)s2)SC1=S.